The van der Waals surface area contributed by atoms with E-state index in [1.807, 2.05) is 6.92 Å². The second-order valence-electron chi connectivity index (χ2n) is 8.67. The van der Waals surface area contributed by atoms with Gasteiger partial charge in [-0.15, -0.1) is 0 Å². The predicted octanol–water partition coefficient (Wildman–Crippen LogP) is 2.60. The summed E-state index contributed by atoms with van der Waals surface area (Å²) in [6, 6.07) is 11.3. The van der Waals surface area contributed by atoms with E-state index in [1.54, 1.807) is 54.5 Å². The molecule has 9 heteroatoms. The Morgan fingerprint density at radius 1 is 1.03 bits per heavy atom. The fourth-order valence-corrected chi connectivity index (χ4v) is 4.37. The van der Waals surface area contributed by atoms with Crippen molar-refractivity contribution in [3.05, 3.63) is 53.6 Å². The second-order valence-corrected chi connectivity index (χ2v) is 8.67. The number of nitrogens with zero attached hydrogens (tertiary/aromatic N) is 1. The average molecular weight is 482 g/mol. The van der Waals surface area contributed by atoms with Crippen molar-refractivity contribution in [2.75, 3.05) is 33.5 Å². The standard InChI is InChI=1S/C26H31N3O6/c1-3-12-27-25(31)23(28-24(30)18-4-7-20(33-2)8-5-18)17-10-13-29(14-11-17)26(32)19-6-9-21-22(15-19)35-16-34-21/h4-9,15,17,23H,3,10-14,16H2,1-2H3,(H,27,31)(H,28,30)/t23-/m0/s1. The zero-order chi connectivity index (χ0) is 24.8. The number of fused-ring (bicyclic) bond motifs is 1. The van der Waals surface area contributed by atoms with Crippen LogP contribution in [-0.4, -0.2) is 62.2 Å². The summed E-state index contributed by atoms with van der Waals surface area (Å²) in [6.07, 6.45) is 2.00. The SMILES string of the molecule is CCCNC(=O)[C@@H](NC(=O)c1ccc(OC)cc1)C1CCN(C(=O)c2ccc3c(c2)OCO3)CC1. The summed E-state index contributed by atoms with van der Waals surface area (Å²) in [6.45, 7) is 3.66. The molecule has 3 amide bonds. The number of likely N-dealkylation sites (tertiary alicyclic amines) is 1. The van der Waals surface area contributed by atoms with Crippen LogP contribution in [0, 0.1) is 5.92 Å². The number of carbonyl (C=O) groups excluding carboxylic acids is 3. The molecule has 1 fully saturated rings. The molecule has 0 aliphatic carbocycles. The van der Waals surface area contributed by atoms with E-state index in [0.717, 1.165) is 6.42 Å². The molecule has 2 aromatic carbocycles. The van der Waals surface area contributed by atoms with Crippen molar-refractivity contribution in [1.82, 2.24) is 15.5 Å². The van der Waals surface area contributed by atoms with Gasteiger partial charge < -0.3 is 29.7 Å². The Morgan fingerprint density at radius 2 is 1.71 bits per heavy atom. The molecule has 2 N–H and O–H groups in total. The Balaban J connectivity index is 1.41. The molecule has 0 saturated carbocycles. The summed E-state index contributed by atoms with van der Waals surface area (Å²) in [5, 5.41) is 5.84. The first-order valence-corrected chi connectivity index (χ1v) is 11.9. The molecule has 186 valence electrons. The summed E-state index contributed by atoms with van der Waals surface area (Å²) in [5.41, 5.74) is 0.993. The monoisotopic (exact) mass is 481 g/mol. The first-order valence-electron chi connectivity index (χ1n) is 11.9. The molecule has 1 atom stereocenters. The van der Waals surface area contributed by atoms with Crippen molar-refractivity contribution >= 4 is 17.7 Å². The van der Waals surface area contributed by atoms with Gasteiger partial charge >= 0.3 is 0 Å². The third kappa shape index (κ3) is 5.67. The number of methoxy groups -OCH3 is 1. The number of nitrogens with one attached hydrogen (secondary N) is 2. The van der Waals surface area contributed by atoms with Crippen LogP contribution in [-0.2, 0) is 4.79 Å². The molecule has 9 nitrogen and oxygen atoms in total. The maximum atomic E-state index is 13.0. The van der Waals surface area contributed by atoms with Gasteiger partial charge in [0.1, 0.15) is 11.8 Å². The van der Waals surface area contributed by atoms with E-state index < -0.39 is 6.04 Å². The normalized spacial score (nSPS) is 15.9. The van der Waals surface area contributed by atoms with Crippen LogP contribution in [0.4, 0.5) is 0 Å². The van der Waals surface area contributed by atoms with Crippen molar-refractivity contribution < 1.29 is 28.6 Å². The fourth-order valence-electron chi connectivity index (χ4n) is 4.37. The lowest BCUT2D eigenvalue weighted by atomic mass is 9.88. The minimum absolute atomic E-state index is 0.0870. The number of rotatable bonds is 8. The average Bonchev–Trinajstić information content (AvgIpc) is 3.38. The number of hydrogen-bond acceptors (Lipinski definition) is 6. The van der Waals surface area contributed by atoms with Gasteiger partial charge in [0.25, 0.3) is 11.8 Å². The number of ether oxygens (including phenoxy) is 3. The summed E-state index contributed by atoms with van der Waals surface area (Å²) in [7, 11) is 1.56. The Kier molecular flexibility index (Phi) is 7.74. The molecule has 2 aromatic rings. The number of hydrogen-bond donors (Lipinski definition) is 2. The van der Waals surface area contributed by atoms with Crippen molar-refractivity contribution in [3.8, 4) is 17.2 Å². The lowest BCUT2D eigenvalue weighted by Crippen LogP contribution is -2.54. The van der Waals surface area contributed by atoms with Crippen molar-refractivity contribution in [2.45, 2.75) is 32.2 Å². The van der Waals surface area contributed by atoms with Gasteiger partial charge in [-0.25, -0.2) is 0 Å². The van der Waals surface area contributed by atoms with Crippen LogP contribution in [0.5, 0.6) is 17.2 Å². The predicted molar refractivity (Wildman–Crippen MR) is 129 cm³/mol. The minimum atomic E-state index is -0.682. The van der Waals surface area contributed by atoms with Gasteiger partial charge in [0.15, 0.2) is 11.5 Å². The fraction of sp³-hybridized carbons (Fsp3) is 0.423. The molecular formula is C26H31N3O6. The first kappa shape index (κ1) is 24.4. The summed E-state index contributed by atoms with van der Waals surface area (Å²) in [5.74, 6) is 1.16. The van der Waals surface area contributed by atoms with Crippen LogP contribution < -0.4 is 24.8 Å². The van der Waals surface area contributed by atoms with E-state index in [-0.39, 0.29) is 30.4 Å². The van der Waals surface area contributed by atoms with Crippen molar-refractivity contribution in [2.24, 2.45) is 5.92 Å². The molecule has 0 radical (unpaired) electrons. The zero-order valence-electron chi connectivity index (χ0n) is 20.0. The van der Waals surface area contributed by atoms with Gasteiger partial charge in [0, 0.05) is 30.8 Å². The topological polar surface area (TPSA) is 106 Å². The highest BCUT2D eigenvalue weighted by atomic mass is 16.7. The van der Waals surface area contributed by atoms with Crippen molar-refractivity contribution in [3.63, 3.8) is 0 Å². The molecule has 0 bridgehead atoms. The van der Waals surface area contributed by atoms with Crippen LogP contribution in [0.15, 0.2) is 42.5 Å². The van der Waals surface area contributed by atoms with Gasteiger partial charge in [-0.1, -0.05) is 6.92 Å². The lowest BCUT2D eigenvalue weighted by molar-refractivity contribution is -0.124. The summed E-state index contributed by atoms with van der Waals surface area (Å²) < 4.78 is 15.9. The molecule has 35 heavy (non-hydrogen) atoms. The van der Waals surface area contributed by atoms with Crippen molar-refractivity contribution in [1.29, 1.82) is 0 Å². The molecular weight excluding hydrogens is 450 g/mol. The maximum absolute atomic E-state index is 13.0. The third-order valence-corrected chi connectivity index (χ3v) is 6.39. The number of carbonyl (C=O) groups is 3. The highest BCUT2D eigenvalue weighted by Crippen LogP contribution is 2.33. The van der Waals surface area contributed by atoms with Gasteiger partial charge in [0.05, 0.1) is 7.11 Å². The number of amides is 3. The Morgan fingerprint density at radius 3 is 2.40 bits per heavy atom. The summed E-state index contributed by atoms with van der Waals surface area (Å²) in [4.78, 5) is 40.7. The first-order chi connectivity index (χ1) is 17.0. The van der Waals surface area contributed by atoms with Crippen LogP contribution in [0.3, 0.4) is 0 Å². The molecule has 2 heterocycles. The largest absolute Gasteiger partial charge is 0.497 e. The molecule has 4 rings (SSSR count). The van der Waals surface area contributed by atoms with Gasteiger partial charge in [-0.3, -0.25) is 14.4 Å². The number of benzene rings is 2. The Bertz CT molecular complexity index is 1060. The molecule has 1 saturated heterocycles. The Labute approximate surface area is 204 Å². The minimum Gasteiger partial charge on any atom is -0.497 e. The van der Waals surface area contributed by atoms with Gasteiger partial charge in [-0.05, 0) is 67.6 Å². The molecule has 2 aliphatic rings. The van der Waals surface area contributed by atoms with E-state index in [0.29, 0.717) is 60.9 Å². The molecule has 0 unspecified atom stereocenters. The molecule has 0 spiro atoms. The lowest BCUT2D eigenvalue weighted by Gasteiger charge is -2.36. The van der Waals surface area contributed by atoms with E-state index >= 15 is 0 Å². The van der Waals surface area contributed by atoms with Crippen LogP contribution in [0.25, 0.3) is 0 Å². The third-order valence-electron chi connectivity index (χ3n) is 6.39. The van der Waals surface area contributed by atoms with E-state index in [2.05, 4.69) is 10.6 Å². The molecule has 2 aliphatic heterocycles. The van der Waals surface area contributed by atoms with Crippen LogP contribution in [0.1, 0.15) is 46.9 Å². The highest BCUT2D eigenvalue weighted by Gasteiger charge is 2.34. The van der Waals surface area contributed by atoms with E-state index in [4.69, 9.17) is 14.2 Å². The van der Waals surface area contributed by atoms with E-state index in [9.17, 15) is 14.4 Å². The molecule has 0 aromatic heterocycles. The zero-order valence-corrected chi connectivity index (χ0v) is 20.0. The maximum Gasteiger partial charge on any atom is 0.253 e. The van der Waals surface area contributed by atoms with Crippen LogP contribution in [0.2, 0.25) is 0 Å². The quantitative estimate of drug-likeness (QED) is 0.600. The van der Waals surface area contributed by atoms with Crippen LogP contribution >= 0.6 is 0 Å². The van der Waals surface area contributed by atoms with E-state index in [1.165, 1.54) is 0 Å². The summed E-state index contributed by atoms with van der Waals surface area (Å²) >= 11 is 0. The van der Waals surface area contributed by atoms with Gasteiger partial charge in [-0.2, -0.15) is 0 Å². The second kappa shape index (κ2) is 11.1. The smallest absolute Gasteiger partial charge is 0.253 e. The van der Waals surface area contributed by atoms with Gasteiger partial charge in [0.2, 0.25) is 12.7 Å². The number of piperidine rings is 1. The Hall–Kier alpha value is -3.75. The highest BCUT2D eigenvalue weighted by molar-refractivity contribution is 5.98.